The highest BCUT2D eigenvalue weighted by atomic mass is 15.3. The fourth-order valence-electron chi connectivity index (χ4n) is 1.34. The first-order valence-electron chi connectivity index (χ1n) is 4.93. The van der Waals surface area contributed by atoms with E-state index in [-0.39, 0.29) is 0 Å². The molecule has 0 unspecified atom stereocenters. The smallest absolute Gasteiger partial charge is 0.0780 e. The SMILES string of the molecule is Cc1ccc(C(C)C)cc1NCNN. The first-order valence-corrected chi connectivity index (χ1v) is 4.93. The molecule has 1 aromatic carbocycles. The Morgan fingerprint density at radius 3 is 2.64 bits per heavy atom. The summed E-state index contributed by atoms with van der Waals surface area (Å²) in [5, 5.41) is 3.22. The Hall–Kier alpha value is -1.06. The molecule has 0 aliphatic heterocycles. The minimum Gasteiger partial charge on any atom is -0.371 e. The highest BCUT2D eigenvalue weighted by molar-refractivity contribution is 5.53. The Bertz CT molecular complexity index is 295. The maximum atomic E-state index is 5.21. The molecule has 3 nitrogen and oxygen atoms in total. The molecule has 0 aliphatic carbocycles. The molecule has 0 bridgehead atoms. The van der Waals surface area contributed by atoms with Gasteiger partial charge in [0, 0.05) is 5.69 Å². The molecular weight excluding hydrogens is 174 g/mol. The second-order valence-corrected chi connectivity index (χ2v) is 3.79. The van der Waals surface area contributed by atoms with Gasteiger partial charge in [-0.15, -0.1) is 0 Å². The largest absolute Gasteiger partial charge is 0.371 e. The fourth-order valence-corrected chi connectivity index (χ4v) is 1.34. The summed E-state index contributed by atoms with van der Waals surface area (Å²) in [6.07, 6.45) is 0. The van der Waals surface area contributed by atoms with E-state index in [0.29, 0.717) is 12.6 Å². The van der Waals surface area contributed by atoms with Crippen molar-refractivity contribution >= 4 is 5.69 Å². The number of nitrogens with one attached hydrogen (secondary N) is 2. The lowest BCUT2D eigenvalue weighted by atomic mass is 10.0. The second kappa shape index (κ2) is 4.98. The third kappa shape index (κ3) is 2.72. The van der Waals surface area contributed by atoms with Gasteiger partial charge in [0.05, 0.1) is 6.67 Å². The maximum absolute atomic E-state index is 5.21. The molecule has 14 heavy (non-hydrogen) atoms. The first kappa shape index (κ1) is 11.0. The van der Waals surface area contributed by atoms with E-state index < -0.39 is 0 Å². The topological polar surface area (TPSA) is 50.1 Å². The number of aryl methyl sites for hydroxylation is 1. The van der Waals surface area contributed by atoms with Crippen LogP contribution in [0.4, 0.5) is 5.69 Å². The van der Waals surface area contributed by atoms with E-state index in [9.17, 15) is 0 Å². The zero-order valence-electron chi connectivity index (χ0n) is 9.09. The Kier molecular flexibility index (Phi) is 3.92. The highest BCUT2D eigenvalue weighted by Gasteiger charge is 2.02. The van der Waals surface area contributed by atoms with Gasteiger partial charge >= 0.3 is 0 Å². The van der Waals surface area contributed by atoms with Gasteiger partial charge in [0.25, 0.3) is 0 Å². The van der Waals surface area contributed by atoms with E-state index in [0.717, 1.165) is 5.69 Å². The molecule has 0 radical (unpaired) electrons. The molecule has 0 spiro atoms. The van der Waals surface area contributed by atoms with Crippen LogP contribution < -0.4 is 16.6 Å². The number of hydrogen-bond donors (Lipinski definition) is 3. The molecule has 0 fully saturated rings. The van der Waals surface area contributed by atoms with Crippen LogP contribution in [0.2, 0.25) is 0 Å². The van der Waals surface area contributed by atoms with Crippen LogP contribution in [0.5, 0.6) is 0 Å². The van der Waals surface area contributed by atoms with Crippen molar-refractivity contribution in [2.45, 2.75) is 26.7 Å². The Morgan fingerprint density at radius 2 is 2.07 bits per heavy atom. The lowest BCUT2D eigenvalue weighted by Crippen LogP contribution is -2.28. The van der Waals surface area contributed by atoms with Crippen molar-refractivity contribution in [3.8, 4) is 0 Å². The van der Waals surface area contributed by atoms with Crippen LogP contribution in [-0.4, -0.2) is 6.67 Å². The predicted molar refractivity (Wildman–Crippen MR) is 61.1 cm³/mol. The Labute approximate surface area is 85.7 Å². The molecule has 0 amide bonds. The zero-order chi connectivity index (χ0) is 10.6. The van der Waals surface area contributed by atoms with Crippen LogP contribution in [0, 0.1) is 6.92 Å². The van der Waals surface area contributed by atoms with E-state index in [4.69, 9.17) is 5.84 Å². The van der Waals surface area contributed by atoms with E-state index in [1.165, 1.54) is 11.1 Å². The normalized spacial score (nSPS) is 10.6. The third-order valence-electron chi connectivity index (χ3n) is 2.31. The summed E-state index contributed by atoms with van der Waals surface area (Å²) < 4.78 is 0. The Morgan fingerprint density at radius 1 is 1.36 bits per heavy atom. The molecule has 0 heterocycles. The molecule has 0 saturated heterocycles. The summed E-state index contributed by atoms with van der Waals surface area (Å²) in [4.78, 5) is 0. The average molecular weight is 193 g/mol. The summed E-state index contributed by atoms with van der Waals surface area (Å²) in [5.41, 5.74) is 6.31. The lowest BCUT2D eigenvalue weighted by Gasteiger charge is -2.12. The number of benzene rings is 1. The van der Waals surface area contributed by atoms with Gasteiger partial charge in [-0.1, -0.05) is 26.0 Å². The number of hydrazine groups is 1. The van der Waals surface area contributed by atoms with Crippen LogP contribution in [0.25, 0.3) is 0 Å². The van der Waals surface area contributed by atoms with Gasteiger partial charge in [-0.2, -0.15) is 0 Å². The molecule has 0 atom stereocenters. The number of hydrogen-bond acceptors (Lipinski definition) is 3. The van der Waals surface area contributed by atoms with E-state index >= 15 is 0 Å². The van der Waals surface area contributed by atoms with Gasteiger partial charge in [-0.25, -0.2) is 5.43 Å². The minimum atomic E-state index is 0.557. The quantitative estimate of drug-likeness (QED) is 0.389. The standard InChI is InChI=1S/C11H19N3/c1-8(2)10-5-4-9(3)11(6-10)13-7-14-12/h4-6,8,13-14H,7,12H2,1-3H3. The maximum Gasteiger partial charge on any atom is 0.0780 e. The molecule has 78 valence electrons. The van der Waals surface area contributed by atoms with Crippen molar-refractivity contribution < 1.29 is 0 Å². The van der Waals surface area contributed by atoms with E-state index in [1.54, 1.807) is 0 Å². The molecular formula is C11H19N3. The number of rotatable bonds is 4. The van der Waals surface area contributed by atoms with Crippen LogP contribution >= 0.6 is 0 Å². The number of anilines is 1. The molecule has 3 heteroatoms. The van der Waals surface area contributed by atoms with E-state index in [1.807, 2.05) is 0 Å². The molecule has 0 aliphatic rings. The van der Waals surface area contributed by atoms with Crippen LogP contribution in [0.3, 0.4) is 0 Å². The van der Waals surface area contributed by atoms with Crippen molar-refractivity contribution in [2.24, 2.45) is 5.84 Å². The van der Waals surface area contributed by atoms with Crippen molar-refractivity contribution in [3.63, 3.8) is 0 Å². The minimum absolute atomic E-state index is 0.557. The molecule has 4 N–H and O–H groups in total. The average Bonchev–Trinajstić information content (AvgIpc) is 2.16. The zero-order valence-corrected chi connectivity index (χ0v) is 9.09. The van der Waals surface area contributed by atoms with E-state index in [2.05, 4.69) is 49.7 Å². The van der Waals surface area contributed by atoms with Gasteiger partial charge in [0.2, 0.25) is 0 Å². The van der Waals surface area contributed by atoms with Crippen molar-refractivity contribution in [1.29, 1.82) is 0 Å². The first-order chi connectivity index (χ1) is 6.65. The molecule has 1 aromatic rings. The Balaban J connectivity index is 2.85. The van der Waals surface area contributed by atoms with Crippen LogP contribution in [0.1, 0.15) is 30.9 Å². The summed E-state index contributed by atoms with van der Waals surface area (Å²) in [6.45, 7) is 7.05. The molecule has 0 saturated carbocycles. The monoisotopic (exact) mass is 193 g/mol. The lowest BCUT2D eigenvalue weighted by molar-refractivity contribution is 0.788. The van der Waals surface area contributed by atoms with Crippen molar-refractivity contribution in [3.05, 3.63) is 29.3 Å². The van der Waals surface area contributed by atoms with Crippen LogP contribution in [0.15, 0.2) is 18.2 Å². The molecule has 0 aromatic heterocycles. The number of nitrogens with two attached hydrogens (primary N) is 1. The molecule has 1 rings (SSSR count). The predicted octanol–water partition coefficient (Wildman–Crippen LogP) is 1.95. The summed E-state index contributed by atoms with van der Waals surface area (Å²) in [7, 11) is 0. The van der Waals surface area contributed by atoms with Gasteiger partial charge in [-0.3, -0.25) is 5.84 Å². The third-order valence-corrected chi connectivity index (χ3v) is 2.31. The van der Waals surface area contributed by atoms with Crippen molar-refractivity contribution in [2.75, 3.05) is 12.0 Å². The second-order valence-electron chi connectivity index (χ2n) is 3.79. The van der Waals surface area contributed by atoms with Gasteiger partial charge in [-0.05, 0) is 30.0 Å². The van der Waals surface area contributed by atoms with Crippen LogP contribution in [-0.2, 0) is 0 Å². The van der Waals surface area contributed by atoms with Gasteiger partial charge in [0.15, 0.2) is 0 Å². The summed E-state index contributed by atoms with van der Waals surface area (Å²) in [6, 6.07) is 6.48. The summed E-state index contributed by atoms with van der Waals surface area (Å²) in [5.74, 6) is 5.77. The van der Waals surface area contributed by atoms with Gasteiger partial charge < -0.3 is 5.32 Å². The van der Waals surface area contributed by atoms with Gasteiger partial charge in [0.1, 0.15) is 0 Å². The fraction of sp³-hybridized carbons (Fsp3) is 0.455. The summed E-state index contributed by atoms with van der Waals surface area (Å²) >= 11 is 0. The highest BCUT2D eigenvalue weighted by Crippen LogP contribution is 2.21. The van der Waals surface area contributed by atoms with Crippen molar-refractivity contribution in [1.82, 2.24) is 5.43 Å².